The van der Waals surface area contributed by atoms with E-state index in [0.717, 1.165) is 12.8 Å². The van der Waals surface area contributed by atoms with Gasteiger partial charge in [0.15, 0.2) is 0 Å². The number of rotatable bonds is 7. The standard InChI is InChI=1S/C15H26O/c1-5-7-8-9-10-11-12-14(3)15(4,16)13-6-2/h10-11,14,16H,5,7-9,12H2,1-4H3. The molecule has 16 heavy (non-hydrogen) atoms. The Bertz CT molecular complexity index is 252. The van der Waals surface area contributed by atoms with Crippen molar-refractivity contribution >= 4 is 0 Å². The molecular weight excluding hydrogens is 196 g/mol. The fourth-order valence-corrected chi connectivity index (χ4v) is 1.54. The number of hydrogen-bond donors (Lipinski definition) is 1. The Kier molecular flexibility index (Phi) is 8.03. The average Bonchev–Trinajstić information content (AvgIpc) is 2.22. The van der Waals surface area contributed by atoms with Gasteiger partial charge in [0, 0.05) is 0 Å². The molecule has 0 aliphatic heterocycles. The molecule has 0 amide bonds. The summed E-state index contributed by atoms with van der Waals surface area (Å²) in [4.78, 5) is 0. The lowest BCUT2D eigenvalue weighted by Gasteiger charge is -2.23. The Morgan fingerprint density at radius 2 is 2.00 bits per heavy atom. The van der Waals surface area contributed by atoms with Crippen molar-refractivity contribution in [3.8, 4) is 11.8 Å². The van der Waals surface area contributed by atoms with Gasteiger partial charge in [0.1, 0.15) is 5.60 Å². The third kappa shape index (κ3) is 6.69. The number of hydrogen-bond acceptors (Lipinski definition) is 1. The van der Waals surface area contributed by atoms with Crippen molar-refractivity contribution in [2.45, 2.75) is 65.4 Å². The third-order valence-corrected chi connectivity index (χ3v) is 2.97. The van der Waals surface area contributed by atoms with Gasteiger partial charge in [0.05, 0.1) is 0 Å². The second kappa shape index (κ2) is 8.42. The first kappa shape index (κ1) is 15.3. The largest absolute Gasteiger partial charge is 0.378 e. The molecule has 0 saturated heterocycles. The highest BCUT2D eigenvalue weighted by Crippen LogP contribution is 2.20. The first-order valence-electron chi connectivity index (χ1n) is 6.35. The highest BCUT2D eigenvalue weighted by Gasteiger charge is 2.24. The van der Waals surface area contributed by atoms with E-state index in [0.29, 0.717) is 0 Å². The molecule has 0 fully saturated rings. The van der Waals surface area contributed by atoms with Crippen LogP contribution in [0.3, 0.4) is 0 Å². The number of aliphatic hydroxyl groups is 1. The van der Waals surface area contributed by atoms with Crippen LogP contribution in [-0.4, -0.2) is 10.7 Å². The Balaban J connectivity index is 3.86. The van der Waals surface area contributed by atoms with E-state index in [9.17, 15) is 5.11 Å². The summed E-state index contributed by atoms with van der Waals surface area (Å²) in [5, 5.41) is 10.0. The molecule has 2 atom stereocenters. The molecule has 0 heterocycles. The monoisotopic (exact) mass is 222 g/mol. The van der Waals surface area contributed by atoms with Gasteiger partial charge in [-0.25, -0.2) is 0 Å². The van der Waals surface area contributed by atoms with Crippen LogP contribution >= 0.6 is 0 Å². The van der Waals surface area contributed by atoms with Crippen LogP contribution in [0.15, 0.2) is 12.2 Å². The minimum absolute atomic E-state index is 0.183. The zero-order valence-electron chi connectivity index (χ0n) is 11.2. The van der Waals surface area contributed by atoms with Crippen LogP contribution in [-0.2, 0) is 0 Å². The van der Waals surface area contributed by atoms with Crippen molar-refractivity contribution in [1.29, 1.82) is 0 Å². The average molecular weight is 222 g/mol. The summed E-state index contributed by atoms with van der Waals surface area (Å²) >= 11 is 0. The molecule has 0 bridgehead atoms. The molecular formula is C15H26O. The molecule has 0 spiro atoms. The van der Waals surface area contributed by atoms with E-state index < -0.39 is 5.60 Å². The quantitative estimate of drug-likeness (QED) is 0.393. The van der Waals surface area contributed by atoms with Gasteiger partial charge < -0.3 is 5.11 Å². The van der Waals surface area contributed by atoms with Gasteiger partial charge in [-0.3, -0.25) is 0 Å². The van der Waals surface area contributed by atoms with Crippen molar-refractivity contribution in [2.24, 2.45) is 5.92 Å². The molecule has 0 aliphatic carbocycles. The zero-order chi connectivity index (χ0) is 12.4. The lowest BCUT2D eigenvalue weighted by atomic mass is 9.88. The molecule has 2 unspecified atom stereocenters. The van der Waals surface area contributed by atoms with Crippen LogP contribution in [0.1, 0.15) is 59.8 Å². The summed E-state index contributed by atoms with van der Waals surface area (Å²) in [7, 11) is 0. The van der Waals surface area contributed by atoms with E-state index >= 15 is 0 Å². The van der Waals surface area contributed by atoms with E-state index in [1.54, 1.807) is 13.8 Å². The summed E-state index contributed by atoms with van der Waals surface area (Å²) in [6, 6.07) is 0. The Labute approximate surface area is 101 Å². The second-order valence-corrected chi connectivity index (χ2v) is 4.63. The molecule has 1 heteroatoms. The lowest BCUT2D eigenvalue weighted by Crippen LogP contribution is -2.30. The first-order valence-corrected chi connectivity index (χ1v) is 6.35. The predicted molar refractivity (Wildman–Crippen MR) is 71.1 cm³/mol. The maximum Gasteiger partial charge on any atom is 0.125 e. The fourth-order valence-electron chi connectivity index (χ4n) is 1.54. The normalized spacial score (nSPS) is 16.6. The zero-order valence-corrected chi connectivity index (χ0v) is 11.2. The third-order valence-electron chi connectivity index (χ3n) is 2.97. The van der Waals surface area contributed by atoms with Gasteiger partial charge in [0.2, 0.25) is 0 Å². The molecule has 0 aromatic rings. The van der Waals surface area contributed by atoms with Gasteiger partial charge in [-0.2, -0.15) is 0 Å². The molecule has 0 aliphatic rings. The maximum absolute atomic E-state index is 10.0. The van der Waals surface area contributed by atoms with Gasteiger partial charge in [-0.05, 0) is 39.0 Å². The summed E-state index contributed by atoms with van der Waals surface area (Å²) in [5.74, 6) is 5.82. The fraction of sp³-hybridized carbons (Fsp3) is 0.733. The number of unbranched alkanes of at least 4 members (excludes halogenated alkanes) is 3. The predicted octanol–water partition coefficient (Wildman–Crippen LogP) is 3.92. The molecule has 0 aromatic carbocycles. The summed E-state index contributed by atoms with van der Waals surface area (Å²) < 4.78 is 0. The summed E-state index contributed by atoms with van der Waals surface area (Å²) in [6.07, 6.45) is 10.3. The Morgan fingerprint density at radius 3 is 2.56 bits per heavy atom. The second-order valence-electron chi connectivity index (χ2n) is 4.63. The van der Waals surface area contributed by atoms with E-state index in [-0.39, 0.29) is 5.92 Å². The van der Waals surface area contributed by atoms with Crippen LogP contribution in [0.4, 0.5) is 0 Å². The minimum Gasteiger partial charge on any atom is -0.378 e. The highest BCUT2D eigenvalue weighted by molar-refractivity contribution is 5.12. The van der Waals surface area contributed by atoms with E-state index in [4.69, 9.17) is 0 Å². The Hall–Kier alpha value is -0.740. The topological polar surface area (TPSA) is 20.2 Å². The van der Waals surface area contributed by atoms with Gasteiger partial charge >= 0.3 is 0 Å². The Morgan fingerprint density at radius 1 is 1.31 bits per heavy atom. The lowest BCUT2D eigenvalue weighted by molar-refractivity contribution is 0.0655. The number of allylic oxidation sites excluding steroid dienone is 2. The van der Waals surface area contributed by atoms with Crippen LogP contribution in [0, 0.1) is 17.8 Å². The van der Waals surface area contributed by atoms with Crippen molar-refractivity contribution in [3.63, 3.8) is 0 Å². The van der Waals surface area contributed by atoms with Crippen molar-refractivity contribution < 1.29 is 5.11 Å². The van der Waals surface area contributed by atoms with Gasteiger partial charge in [0.25, 0.3) is 0 Å². The summed E-state index contributed by atoms with van der Waals surface area (Å²) in [5.41, 5.74) is -0.859. The van der Waals surface area contributed by atoms with E-state index in [1.165, 1.54) is 19.3 Å². The smallest absolute Gasteiger partial charge is 0.125 e. The van der Waals surface area contributed by atoms with E-state index in [1.807, 2.05) is 6.92 Å². The van der Waals surface area contributed by atoms with E-state index in [2.05, 4.69) is 30.9 Å². The molecule has 0 saturated carbocycles. The molecule has 0 aromatic heterocycles. The molecule has 92 valence electrons. The molecule has 1 nitrogen and oxygen atoms in total. The van der Waals surface area contributed by atoms with Crippen LogP contribution in [0.5, 0.6) is 0 Å². The van der Waals surface area contributed by atoms with Gasteiger partial charge in [-0.1, -0.05) is 44.8 Å². The van der Waals surface area contributed by atoms with Crippen molar-refractivity contribution in [2.75, 3.05) is 0 Å². The maximum atomic E-state index is 10.0. The minimum atomic E-state index is -0.859. The SMILES string of the molecule is CC#CC(C)(O)C(C)CC=CCCCCC. The highest BCUT2D eigenvalue weighted by atomic mass is 16.3. The van der Waals surface area contributed by atoms with Crippen LogP contribution < -0.4 is 0 Å². The van der Waals surface area contributed by atoms with Crippen LogP contribution in [0.2, 0.25) is 0 Å². The molecule has 0 rings (SSSR count). The van der Waals surface area contributed by atoms with Crippen molar-refractivity contribution in [1.82, 2.24) is 0 Å². The molecule has 0 radical (unpaired) electrons. The van der Waals surface area contributed by atoms with Gasteiger partial charge in [-0.15, -0.1) is 5.92 Å². The van der Waals surface area contributed by atoms with Crippen molar-refractivity contribution in [3.05, 3.63) is 12.2 Å². The first-order chi connectivity index (χ1) is 7.54. The summed E-state index contributed by atoms with van der Waals surface area (Å²) in [6.45, 7) is 7.81. The van der Waals surface area contributed by atoms with Crippen LogP contribution in [0.25, 0.3) is 0 Å². The molecule has 1 N–H and O–H groups in total.